The lowest BCUT2D eigenvalue weighted by Gasteiger charge is -2.16. The van der Waals surface area contributed by atoms with Crippen LogP contribution in [0.25, 0.3) is 0 Å². The molecule has 0 amide bonds. The molecule has 0 aliphatic carbocycles. The second-order valence-corrected chi connectivity index (χ2v) is 3.64. The maximum atomic E-state index is 13.5. The molecule has 0 fully saturated rings. The van der Waals surface area contributed by atoms with Crippen LogP contribution < -0.4 is 5.73 Å². The zero-order valence-corrected chi connectivity index (χ0v) is 9.30. The second kappa shape index (κ2) is 5.61. The Balaban J connectivity index is 2.04. The van der Waals surface area contributed by atoms with Crippen LogP contribution in [0.15, 0.2) is 47.1 Å². The summed E-state index contributed by atoms with van der Waals surface area (Å²) in [7, 11) is 0. The van der Waals surface area contributed by atoms with Crippen LogP contribution in [-0.2, 0) is 11.3 Å². The van der Waals surface area contributed by atoms with Gasteiger partial charge in [0.05, 0.1) is 12.4 Å². The van der Waals surface area contributed by atoms with E-state index >= 15 is 0 Å². The van der Waals surface area contributed by atoms with Crippen molar-refractivity contribution in [2.75, 3.05) is 6.54 Å². The molecule has 4 heteroatoms. The van der Waals surface area contributed by atoms with Crippen molar-refractivity contribution in [2.24, 2.45) is 5.73 Å². The van der Waals surface area contributed by atoms with Crippen molar-refractivity contribution < 1.29 is 13.5 Å². The molecule has 2 rings (SSSR count). The van der Waals surface area contributed by atoms with Crippen molar-refractivity contribution in [3.8, 4) is 0 Å². The summed E-state index contributed by atoms with van der Waals surface area (Å²) >= 11 is 0. The lowest BCUT2D eigenvalue weighted by molar-refractivity contribution is 0.0334. The number of nitrogens with two attached hydrogens (primary N) is 1. The molecule has 90 valence electrons. The van der Waals surface area contributed by atoms with E-state index < -0.39 is 6.10 Å². The van der Waals surface area contributed by atoms with Crippen molar-refractivity contribution in [3.63, 3.8) is 0 Å². The number of benzene rings is 1. The van der Waals surface area contributed by atoms with Gasteiger partial charge in [-0.15, -0.1) is 0 Å². The molecular formula is C13H14FNO2. The van der Waals surface area contributed by atoms with Gasteiger partial charge < -0.3 is 14.9 Å². The second-order valence-electron chi connectivity index (χ2n) is 3.64. The molecule has 1 unspecified atom stereocenters. The first-order valence-corrected chi connectivity index (χ1v) is 5.39. The van der Waals surface area contributed by atoms with Crippen molar-refractivity contribution in [3.05, 3.63) is 59.8 Å². The predicted molar refractivity (Wildman–Crippen MR) is 61.7 cm³/mol. The molecule has 1 atom stereocenters. The van der Waals surface area contributed by atoms with Crippen LogP contribution >= 0.6 is 0 Å². The van der Waals surface area contributed by atoms with E-state index in [4.69, 9.17) is 14.9 Å². The molecule has 2 N–H and O–H groups in total. The SMILES string of the molecule is NCC(OCc1ccco1)c1ccccc1F. The molecule has 0 aliphatic rings. The van der Waals surface area contributed by atoms with Gasteiger partial charge in [-0.2, -0.15) is 0 Å². The van der Waals surface area contributed by atoms with E-state index in [0.29, 0.717) is 11.3 Å². The van der Waals surface area contributed by atoms with E-state index in [1.54, 1.807) is 36.6 Å². The number of hydrogen-bond donors (Lipinski definition) is 1. The molecule has 0 saturated heterocycles. The zero-order chi connectivity index (χ0) is 12.1. The van der Waals surface area contributed by atoms with Gasteiger partial charge >= 0.3 is 0 Å². The van der Waals surface area contributed by atoms with Crippen LogP contribution in [0.1, 0.15) is 17.4 Å². The van der Waals surface area contributed by atoms with E-state index in [2.05, 4.69) is 0 Å². The van der Waals surface area contributed by atoms with E-state index in [1.807, 2.05) is 0 Å². The maximum Gasteiger partial charge on any atom is 0.129 e. The van der Waals surface area contributed by atoms with Crippen molar-refractivity contribution in [1.82, 2.24) is 0 Å². The Morgan fingerprint density at radius 1 is 1.24 bits per heavy atom. The minimum absolute atomic E-state index is 0.224. The minimum Gasteiger partial charge on any atom is -0.467 e. The van der Waals surface area contributed by atoms with Gasteiger partial charge in [-0.3, -0.25) is 0 Å². The third kappa shape index (κ3) is 2.93. The summed E-state index contributed by atoms with van der Waals surface area (Å²) in [6.07, 6.45) is 1.11. The molecule has 1 aromatic carbocycles. The van der Waals surface area contributed by atoms with E-state index in [1.165, 1.54) is 6.07 Å². The molecule has 0 spiro atoms. The summed E-state index contributed by atoms with van der Waals surface area (Å²) in [6, 6.07) is 10.0. The smallest absolute Gasteiger partial charge is 0.129 e. The molecule has 0 radical (unpaired) electrons. The topological polar surface area (TPSA) is 48.4 Å². The zero-order valence-electron chi connectivity index (χ0n) is 9.30. The van der Waals surface area contributed by atoms with E-state index in [-0.39, 0.29) is 19.0 Å². The fourth-order valence-electron chi connectivity index (χ4n) is 1.60. The summed E-state index contributed by atoms with van der Waals surface area (Å²) in [5, 5.41) is 0. The van der Waals surface area contributed by atoms with E-state index in [0.717, 1.165) is 0 Å². The summed E-state index contributed by atoms with van der Waals surface area (Å²) in [5.41, 5.74) is 6.06. The quantitative estimate of drug-likeness (QED) is 0.866. The number of rotatable bonds is 5. The van der Waals surface area contributed by atoms with Crippen molar-refractivity contribution >= 4 is 0 Å². The summed E-state index contributed by atoms with van der Waals surface area (Å²) in [6.45, 7) is 0.505. The fraction of sp³-hybridized carbons (Fsp3) is 0.231. The van der Waals surface area contributed by atoms with Gasteiger partial charge in [-0.05, 0) is 18.2 Å². The van der Waals surface area contributed by atoms with Gasteiger partial charge in [0.2, 0.25) is 0 Å². The first kappa shape index (κ1) is 11.8. The van der Waals surface area contributed by atoms with Crippen LogP contribution in [0.4, 0.5) is 4.39 Å². The standard InChI is InChI=1S/C13H14FNO2/c14-12-6-2-1-5-11(12)13(8-15)17-9-10-4-3-7-16-10/h1-7,13H,8-9,15H2. The highest BCUT2D eigenvalue weighted by Crippen LogP contribution is 2.20. The molecule has 0 bridgehead atoms. The average molecular weight is 235 g/mol. The third-order valence-corrected chi connectivity index (χ3v) is 2.47. The van der Waals surface area contributed by atoms with Crippen molar-refractivity contribution in [1.29, 1.82) is 0 Å². The Bertz CT molecular complexity index is 456. The Morgan fingerprint density at radius 2 is 2.06 bits per heavy atom. The highest BCUT2D eigenvalue weighted by Gasteiger charge is 2.14. The molecule has 0 aliphatic heterocycles. The average Bonchev–Trinajstić information content (AvgIpc) is 2.85. The van der Waals surface area contributed by atoms with Crippen LogP contribution in [0.3, 0.4) is 0 Å². The van der Waals surface area contributed by atoms with E-state index in [9.17, 15) is 4.39 Å². The van der Waals surface area contributed by atoms with Gasteiger partial charge in [-0.1, -0.05) is 18.2 Å². The molecule has 2 aromatic rings. The first-order chi connectivity index (χ1) is 8.31. The molecule has 1 heterocycles. The summed E-state index contributed by atoms with van der Waals surface area (Å²) < 4.78 is 24.2. The maximum absolute atomic E-state index is 13.5. The number of furan rings is 1. The van der Waals surface area contributed by atoms with Gasteiger partial charge in [0, 0.05) is 12.1 Å². The number of halogens is 1. The molecule has 0 saturated carbocycles. The fourth-order valence-corrected chi connectivity index (χ4v) is 1.60. The summed E-state index contributed by atoms with van der Waals surface area (Å²) in [4.78, 5) is 0. The van der Waals surface area contributed by atoms with Gasteiger partial charge in [-0.25, -0.2) is 4.39 Å². The Morgan fingerprint density at radius 3 is 2.71 bits per heavy atom. The highest BCUT2D eigenvalue weighted by atomic mass is 19.1. The predicted octanol–water partition coefficient (Wildman–Crippen LogP) is 2.64. The van der Waals surface area contributed by atoms with Gasteiger partial charge in [0.25, 0.3) is 0 Å². The molecular weight excluding hydrogens is 221 g/mol. The van der Waals surface area contributed by atoms with Gasteiger partial charge in [0.1, 0.15) is 18.2 Å². The van der Waals surface area contributed by atoms with Crippen LogP contribution in [0, 0.1) is 5.82 Å². The Hall–Kier alpha value is -1.65. The van der Waals surface area contributed by atoms with Crippen molar-refractivity contribution in [2.45, 2.75) is 12.7 Å². The monoisotopic (exact) mass is 235 g/mol. The van der Waals surface area contributed by atoms with Crippen LogP contribution in [0.2, 0.25) is 0 Å². The van der Waals surface area contributed by atoms with Crippen LogP contribution in [-0.4, -0.2) is 6.54 Å². The lowest BCUT2D eigenvalue weighted by Crippen LogP contribution is -2.17. The highest BCUT2D eigenvalue weighted by molar-refractivity contribution is 5.20. The normalized spacial score (nSPS) is 12.6. The number of ether oxygens (including phenoxy) is 1. The minimum atomic E-state index is -0.457. The van der Waals surface area contributed by atoms with Gasteiger partial charge in [0.15, 0.2) is 0 Å². The first-order valence-electron chi connectivity index (χ1n) is 5.39. The molecule has 1 aromatic heterocycles. The summed E-state index contributed by atoms with van der Waals surface area (Å²) in [5.74, 6) is 0.391. The largest absolute Gasteiger partial charge is 0.467 e. The number of hydrogen-bond acceptors (Lipinski definition) is 3. The third-order valence-electron chi connectivity index (χ3n) is 2.47. The Labute approximate surface area is 99.0 Å². The Kier molecular flexibility index (Phi) is 3.90. The van der Waals surface area contributed by atoms with Crippen LogP contribution in [0.5, 0.6) is 0 Å². The molecule has 17 heavy (non-hydrogen) atoms. The molecule has 3 nitrogen and oxygen atoms in total. The lowest BCUT2D eigenvalue weighted by atomic mass is 10.1.